The van der Waals surface area contributed by atoms with Gasteiger partial charge in [0, 0.05) is 33.1 Å². The van der Waals surface area contributed by atoms with Gasteiger partial charge in [0.25, 0.3) is 0 Å². The summed E-state index contributed by atoms with van der Waals surface area (Å²) in [6.45, 7) is 0. The van der Waals surface area contributed by atoms with E-state index < -0.39 is 0 Å². The molecule has 1 atom stereocenters. The van der Waals surface area contributed by atoms with E-state index in [0.717, 1.165) is 15.8 Å². The van der Waals surface area contributed by atoms with Crippen LogP contribution in [0.4, 0.5) is 0 Å². The Hall–Kier alpha value is -0.950. The fourth-order valence-electron chi connectivity index (χ4n) is 1.47. The van der Waals surface area contributed by atoms with Crippen molar-refractivity contribution in [2.24, 2.45) is 5.84 Å². The van der Waals surface area contributed by atoms with E-state index in [0.29, 0.717) is 0 Å². The summed E-state index contributed by atoms with van der Waals surface area (Å²) >= 11 is 5.26. The topological polar surface area (TPSA) is 63.8 Å². The number of thioether (sulfide) groups is 1. The molecule has 94 valence electrons. The smallest absolute Gasteiger partial charge is 0.115 e. The molecule has 0 aliphatic carbocycles. The quantitative estimate of drug-likeness (QED) is 0.502. The maximum Gasteiger partial charge on any atom is 0.115 e. The van der Waals surface area contributed by atoms with Gasteiger partial charge < -0.3 is 0 Å². The number of nitrogens with two attached hydrogens (primary N) is 1. The predicted molar refractivity (Wildman–Crippen MR) is 77.0 cm³/mol. The number of rotatable bonds is 5. The van der Waals surface area contributed by atoms with Crippen LogP contribution in [0.3, 0.4) is 0 Å². The lowest BCUT2D eigenvalue weighted by molar-refractivity contribution is 0.606. The lowest BCUT2D eigenvalue weighted by Crippen LogP contribution is -2.29. The summed E-state index contributed by atoms with van der Waals surface area (Å²) in [6.07, 6.45) is 5.06. The first-order valence-corrected chi connectivity index (χ1v) is 7.17. The van der Waals surface area contributed by atoms with Gasteiger partial charge in [-0.2, -0.15) is 0 Å². The highest BCUT2D eigenvalue weighted by molar-refractivity contribution is 9.10. The minimum Gasteiger partial charge on any atom is -0.271 e. The molecule has 0 spiro atoms. The Bertz CT molecular complexity index is 494. The largest absolute Gasteiger partial charge is 0.271 e. The SMILES string of the molecule is NNC(CSc1ccccc1Br)c1cncnc1. The van der Waals surface area contributed by atoms with Crippen LogP contribution in [0.25, 0.3) is 0 Å². The van der Waals surface area contributed by atoms with Crippen molar-refractivity contribution in [3.63, 3.8) is 0 Å². The number of nitrogens with one attached hydrogen (secondary N) is 1. The molecule has 1 unspecified atom stereocenters. The zero-order chi connectivity index (χ0) is 12.8. The van der Waals surface area contributed by atoms with Crippen molar-refractivity contribution in [1.29, 1.82) is 0 Å². The highest BCUT2D eigenvalue weighted by Crippen LogP contribution is 2.29. The molecular weight excluding hydrogens is 312 g/mol. The number of halogens is 1. The summed E-state index contributed by atoms with van der Waals surface area (Å²) in [7, 11) is 0. The minimum atomic E-state index is 0.0308. The molecule has 3 N–H and O–H groups in total. The van der Waals surface area contributed by atoms with E-state index in [1.165, 1.54) is 11.2 Å². The van der Waals surface area contributed by atoms with Crippen LogP contribution in [-0.2, 0) is 0 Å². The first-order valence-electron chi connectivity index (χ1n) is 5.39. The van der Waals surface area contributed by atoms with Gasteiger partial charge in [-0.3, -0.25) is 11.3 Å². The fraction of sp³-hybridized carbons (Fsp3) is 0.167. The van der Waals surface area contributed by atoms with Gasteiger partial charge in [0.15, 0.2) is 0 Å². The summed E-state index contributed by atoms with van der Waals surface area (Å²) in [5.41, 5.74) is 3.78. The minimum absolute atomic E-state index is 0.0308. The zero-order valence-electron chi connectivity index (χ0n) is 9.58. The van der Waals surface area contributed by atoms with Crippen molar-refractivity contribution in [3.8, 4) is 0 Å². The standard InChI is InChI=1S/C12H13BrN4S/c13-10-3-1-2-4-12(10)18-7-11(17-14)9-5-15-8-16-6-9/h1-6,8,11,17H,7,14H2. The Kier molecular flexibility index (Phi) is 5.12. The normalized spacial score (nSPS) is 12.3. The van der Waals surface area contributed by atoms with E-state index in [2.05, 4.69) is 37.4 Å². The molecule has 0 bridgehead atoms. The molecule has 1 heterocycles. The molecule has 2 rings (SSSR count). The molecule has 1 aromatic carbocycles. The van der Waals surface area contributed by atoms with Crippen molar-refractivity contribution >= 4 is 27.7 Å². The van der Waals surface area contributed by atoms with Gasteiger partial charge in [-0.05, 0) is 28.1 Å². The van der Waals surface area contributed by atoms with Crippen LogP contribution in [0.2, 0.25) is 0 Å². The van der Waals surface area contributed by atoms with Crippen molar-refractivity contribution in [2.45, 2.75) is 10.9 Å². The molecule has 0 saturated carbocycles. The third-order valence-electron chi connectivity index (χ3n) is 2.43. The second-order valence-corrected chi connectivity index (χ2v) is 5.55. The lowest BCUT2D eigenvalue weighted by Gasteiger charge is -2.15. The average Bonchev–Trinajstić information content (AvgIpc) is 2.42. The molecule has 1 aromatic heterocycles. The van der Waals surface area contributed by atoms with Crippen molar-refractivity contribution in [3.05, 3.63) is 53.0 Å². The van der Waals surface area contributed by atoms with Gasteiger partial charge in [0.05, 0.1) is 6.04 Å². The van der Waals surface area contributed by atoms with E-state index >= 15 is 0 Å². The second-order valence-electron chi connectivity index (χ2n) is 3.63. The van der Waals surface area contributed by atoms with Gasteiger partial charge in [-0.15, -0.1) is 11.8 Å². The third-order valence-corrected chi connectivity index (χ3v) is 4.55. The van der Waals surface area contributed by atoms with Crippen molar-refractivity contribution in [1.82, 2.24) is 15.4 Å². The van der Waals surface area contributed by atoms with Crippen LogP contribution in [0.1, 0.15) is 11.6 Å². The summed E-state index contributed by atoms with van der Waals surface area (Å²) in [5.74, 6) is 6.39. The maximum absolute atomic E-state index is 5.58. The molecule has 4 nitrogen and oxygen atoms in total. The van der Waals surface area contributed by atoms with E-state index in [1.807, 2.05) is 18.2 Å². The summed E-state index contributed by atoms with van der Waals surface area (Å²) < 4.78 is 1.09. The highest BCUT2D eigenvalue weighted by Gasteiger charge is 2.11. The van der Waals surface area contributed by atoms with Crippen LogP contribution in [0.15, 0.2) is 52.4 Å². The van der Waals surface area contributed by atoms with Gasteiger partial charge >= 0.3 is 0 Å². The van der Waals surface area contributed by atoms with Crippen LogP contribution < -0.4 is 11.3 Å². The second kappa shape index (κ2) is 6.84. The first kappa shape index (κ1) is 13.5. The van der Waals surface area contributed by atoms with Crippen LogP contribution in [-0.4, -0.2) is 15.7 Å². The number of nitrogens with zero attached hydrogens (tertiary/aromatic N) is 2. The molecule has 0 radical (unpaired) electrons. The molecule has 0 aliphatic rings. The molecule has 6 heteroatoms. The molecule has 0 saturated heterocycles. The molecule has 0 fully saturated rings. The van der Waals surface area contributed by atoms with Gasteiger partial charge in [-0.25, -0.2) is 9.97 Å². The molecule has 2 aromatic rings. The maximum atomic E-state index is 5.58. The number of aromatic nitrogens is 2. The number of hydrogen-bond acceptors (Lipinski definition) is 5. The molecule has 0 aliphatic heterocycles. The fourth-order valence-corrected chi connectivity index (χ4v) is 3.11. The first-order chi connectivity index (χ1) is 8.81. The van der Waals surface area contributed by atoms with Crippen molar-refractivity contribution in [2.75, 3.05) is 5.75 Å². The number of hydrogen-bond donors (Lipinski definition) is 2. The van der Waals surface area contributed by atoms with E-state index in [-0.39, 0.29) is 6.04 Å². The molecular formula is C12H13BrN4S. The zero-order valence-corrected chi connectivity index (χ0v) is 12.0. The monoisotopic (exact) mass is 324 g/mol. The summed E-state index contributed by atoms with van der Waals surface area (Å²) in [5, 5.41) is 0. The van der Waals surface area contributed by atoms with E-state index in [1.54, 1.807) is 24.2 Å². The van der Waals surface area contributed by atoms with E-state index in [4.69, 9.17) is 5.84 Å². The molecule has 0 amide bonds. The Balaban J connectivity index is 2.02. The Morgan fingerprint density at radius 1 is 1.28 bits per heavy atom. The van der Waals surface area contributed by atoms with Crippen LogP contribution in [0, 0.1) is 0 Å². The van der Waals surface area contributed by atoms with Gasteiger partial charge in [-0.1, -0.05) is 12.1 Å². The van der Waals surface area contributed by atoms with Gasteiger partial charge in [0.2, 0.25) is 0 Å². The Labute approximate surface area is 119 Å². The van der Waals surface area contributed by atoms with Gasteiger partial charge in [0.1, 0.15) is 6.33 Å². The van der Waals surface area contributed by atoms with Crippen LogP contribution >= 0.6 is 27.7 Å². The molecule has 18 heavy (non-hydrogen) atoms. The number of hydrazine groups is 1. The average molecular weight is 325 g/mol. The number of benzene rings is 1. The third kappa shape index (κ3) is 3.52. The van der Waals surface area contributed by atoms with Crippen LogP contribution in [0.5, 0.6) is 0 Å². The summed E-state index contributed by atoms with van der Waals surface area (Å²) in [4.78, 5) is 9.19. The Morgan fingerprint density at radius 2 is 2.00 bits per heavy atom. The Morgan fingerprint density at radius 3 is 2.67 bits per heavy atom. The predicted octanol–water partition coefficient (Wildman–Crippen LogP) is 2.54. The lowest BCUT2D eigenvalue weighted by atomic mass is 10.2. The highest BCUT2D eigenvalue weighted by atomic mass is 79.9. The summed E-state index contributed by atoms with van der Waals surface area (Å²) in [6, 6.07) is 8.15. The van der Waals surface area contributed by atoms with E-state index in [9.17, 15) is 0 Å². The van der Waals surface area contributed by atoms with Crippen molar-refractivity contribution < 1.29 is 0 Å².